The predicted octanol–water partition coefficient (Wildman–Crippen LogP) is 0.478. The summed E-state index contributed by atoms with van der Waals surface area (Å²) >= 11 is 0. The number of methoxy groups -OCH3 is 1. The van der Waals surface area contributed by atoms with E-state index >= 15 is 0 Å². The van der Waals surface area contributed by atoms with E-state index in [1.54, 1.807) is 0 Å². The molecule has 0 amide bonds. The van der Waals surface area contributed by atoms with Crippen LogP contribution in [-0.4, -0.2) is 50.7 Å². The molecule has 0 rings (SSSR count). The second kappa shape index (κ2) is 6.79. The van der Waals surface area contributed by atoms with Gasteiger partial charge in [0.15, 0.2) is 0 Å². The average Bonchev–Trinajstić information content (AvgIpc) is 2.01. The van der Waals surface area contributed by atoms with Crippen molar-refractivity contribution in [3.05, 3.63) is 0 Å². The lowest BCUT2D eigenvalue weighted by Gasteiger charge is -2.22. The molecule has 0 aromatic heterocycles. The summed E-state index contributed by atoms with van der Waals surface area (Å²) in [4.78, 5) is 13.1. The number of nitrogens with one attached hydrogen (secondary N) is 1. The fourth-order valence-electron chi connectivity index (χ4n) is 1.48. The molecule has 0 radical (unpaired) electrons. The van der Waals surface area contributed by atoms with Crippen LogP contribution >= 0.6 is 0 Å². The zero-order valence-corrected chi connectivity index (χ0v) is 9.83. The summed E-state index contributed by atoms with van der Waals surface area (Å²) in [5.41, 5.74) is 0. The maximum absolute atomic E-state index is 11.0. The molecule has 84 valence electrons. The monoisotopic (exact) mass is 202 g/mol. The first-order valence-electron chi connectivity index (χ1n) is 4.93. The van der Waals surface area contributed by atoms with E-state index in [-0.39, 0.29) is 12.0 Å². The number of carbonyl (C=O) groups excluding carboxylic acids is 1. The van der Waals surface area contributed by atoms with Crippen molar-refractivity contribution in [2.75, 3.05) is 27.7 Å². The molecule has 0 aromatic carbocycles. The van der Waals surface area contributed by atoms with Crippen LogP contribution in [0.15, 0.2) is 0 Å². The van der Waals surface area contributed by atoms with Gasteiger partial charge in [-0.3, -0.25) is 4.79 Å². The number of likely N-dealkylation sites (N-methyl/N-ethyl adjacent to an activating group) is 1. The summed E-state index contributed by atoms with van der Waals surface area (Å²) in [7, 11) is 5.48. The number of rotatable bonds is 6. The Morgan fingerprint density at radius 1 is 1.36 bits per heavy atom. The van der Waals surface area contributed by atoms with Gasteiger partial charge in [0.25, 0.3) is 0 Å². The number of esters is 1. The molecule has 2 atom stereocenters. The molecule has 0 bridgehead atoms. The van der Waals surface area contributed by atoms with Crippen molar-refractivity contribution in [1.82, 2.24) is 10.2 Å². The number of ether oxygens (including phenoxy) is 1. The SMILES string of the molecule is COC(=O)CC(C)NC(C)CN(C)C. The lowest BCUT2D eigenvalue weighted by atomic mass is 10.2. The first kappa shape index (κ1) is 13.4. The molecule has 0 heterocycles. The highest BCUT2D eigenvalue weighted by molar-refractivity contribution is 5.69. The normalized spacial score (nSPS) is 15.3. The van der Waals surface area contributed by atoms with E-state index in [4.69, 9.17) is 0 Å². The molecule has 0 saturated heterocycles. The Balaban J connectivity index is 3.70. The highest BCUT2D eigenvalue weighted by Gasteiger charge is 2.11. The van der Waals surface area contributed by atoms with Crippen LogP contribution < -0.4 is 5.32 Å². The molecule has 0 saturated carbocycles. The van der Waals surface area contributed by atoms with Gasteiger partial charge < -0.3 is 15.0 Å². The van der Waals surface area contributed by atoms with Crippen molar-refractivity contribution in [3.8, 4) is 0 Å². The van der Waals surface area contributed by atoms with E-state index in [9.17, 15) is 4.79 Å². The minimum atomic E-state index is -0.165. The fourth-order valence-corrected chi connectivity index (χ4v) is 1.48. The van der Waals surface area contributed by atoms with Crippen LogP contribution in [0.2, 0.25) is 0 Å². The van der Waals surface area contributed by atoms with Gasteiger partial charge in [-0.05, 0) is 27.9 Å². The van der Waals surface area contributed by atoms with Gasteiger partial charge in [-0.25, -0.2) is 0 Å². The summed E-state index contributed by atoms with van der Waals surface area (Å²) in [6.07, 6.45) is 0.425. The zero-order chi connectivity index (χ0) is 11.1. The molecule has 14 heavy (non-hydrogen) atoms. The van der Waals surface area contributed by atoms with E-state index in [2.05, 4.69) is 21.9 Å². The van der Waals surface area contributed by atoms with Crippen LogP contribution in [0.1, 0.15) is 20.3 Å². The number of nitrogens with zero attached hydrogens (tertiary/aromatic N) is 1. The second-order valence-electron chi connectivity index (χ2n) is 4.01. The van der Waals surface area contributed by atoms with Crippen LogP contribution in [0.4, 0.5) is 0 Å². The largest absolute Gasteiger partial charge is 0.469 e. The molecule has 0 spiro atoms. The van der Waals surface area contributed by atoms with Crippen molar-refractivity contribution in [1.29, 1.82) is 0 Å². The van der Waals surface area contributed by atoms with Crippen LogP contribution in [-0.2, 0) is 9.53 Å². The van der Waals surface area contributed by atoms with Gasteiger partial charge in [0.2, 0.25) is 0 Å². The summed E-state index contributed by atoms with van der Waals surface area (Å²) in [6.45, 7) is 5.06. The molecule has 0 aliphatic heterocycles. The highest BCUT2D eigenvalue weighted by atomic mass is 16.5. The van der Waals surface area contributed by atoms with Gasteiger partial charge in [-0.2, -0.15) is 0 Å². The standard InChI is InChI=1S/C10H22N2O2/c1-8(6-10(13)14-5)11-9(2)7-12(3)4/h8-9,11H,6-7H2,1-5H3. The molecule has 0 aliphatic carbocycles. The van der Waals surface area contributed by atoms with Gasteiger partial charge in [-0.1, -0.05) is 0 Å². The third-order valence-electron chi connectivity index (χ3n) is 1.91. The molecule has 0 aliphatic rings. The number of hydrogen-bond acceptors (Lipinski definition) is 4. The lowest BCUT2D eigenvalue weighted by molar-refractivity contribution is -0.141. The minimum absolute atomic E-state index is 0.164. The van der Waals surface area contributed by atoms with E-state index in [0.717, 1.165) is 6.54 Å². The van der Waals surface area contributed by atoms with Crippen LogP contribution in [0.3, 0.4) is 0 Å². The summed E-state index contributed by atoms with van der Waals surface area (Å²) in [5, 5.41) is 3.33. The molecule has 4 heteroatoms. The molecular weight excluding hydrogens is 180 g/mol. The highest BCUT2D eigenvalue weighted by Crippen LogP contribution is 1.96. The summed E-state index contributed by atoms with van der Waals surface area (Å²) in [5.74, 6) is -0.165. The van der Waals surface area contributed by atoms with E-state index in [0.29, 0.717) is 12.5 Å². The smallest absolute Gasteiger partial charge is 0.307 e. The summed E-state index contributed by atoms with van der Waals surface area (Å²) < 4.78 is 4.59. The predicted molar refractivity (Wildman–Crippen MR) is 57.2 cm³/mol. The third-order valence-corrected chi connectivity index (χ3v) is 1.91. The first-order valence-corrected chi connectivity index (χ1v) is 4.93. The Labute approximate surface area is 86.6 Å². The van der Waals surface area contributed by atoms with Gasteiger partial charge in [0.1, 0.15) is 0 Å². The second-order valence-corrected chi connectivity index (χ2v) is 4.01. The third kappa shape index (κ3) is 6.86. The van der Waals surface area contributed by atoms with Gasteiger partial charge in [-0.15, -0.1) is 0 Å². The Bertz CT molecular complexity index is 172. The van der Waals surface area contributed by atoms with Crippen molar-refractivity contribution >= 4 is 5.97 Å². The maximum Gasteiger partial charge on any atom is 0.307 e. The van der Waals surface area contributed by atoms with Crippen molar-refractivity contribution < 1.29 is 9.53 Å². The van der Waals surface area contributed by atoms with Gasteiger partial charge >= 0.3 is 5.97 Å². The number of carbonyl (C=O) groups is 1. The molecule has 4 nitrogen and oxygen atoms in total. The Morgan fingerprint density at radius 3 is 2.36 bits per heavy atom. The molecule has 2 unspecified atom stereocenters. The van der Waals surface area contributed by atoms with E-state index in [1.807, 2.05) is 21.0 Å². The van der Waals surface area contributed by atoms with Gasteiger partial charge in [0, 0.05) is 18.6 Å². The fraction of sp³-hybridized carbons (Fsp3) is 0.900. The topological polar surface area (TPSA) is 41.6 Å². The summed E-state index contributed by atoms with van der Waals surface area (Å²) in [6, 6.07) is 0.544. The van der Waals surface area contributed by atoms with Crippen LogP contribution in [0.25, 0.3) is 0 Å². The minimum Gasteiger partial charge on any atom is -0.469 e. The van der Waals surface area contributed by atoms with Crippen molar-refractivity contribution in [2.45, 2.75) is 32.4 Å². The zero-order valence-electron chi connectivity index (χ0n) is 9.83. The van der Waals surface area contributed by atoms with E-state index in [1.165, 1.54) is 7.11 Å². The average molecular weight is 202 g/mol. The van der Waals surface area contributed by atoms with Gasteiger partial charge in [0.05, 0.1) is 13.5 Å². The molecule has 0 aromatic rings. The first-order chi connectivity index (χ1) is 6.45. The lowest BCUT2D eigenvalue weighted by Crippen LogP contribution is -2.41. The Morgan fingerprint density at radius 2 is 1.93 bits per heavy atom. The molecular formula is C10H22N2O2. The molecule has 1 N–H and O–H groups in total. The van der Waals surface area contributed by atoms with E-state index < -0.39 is 0 Å². The number of hydrogen-bond donors (Lipinski definition) is 1. The Hall–Kier alpha value is -0.610. The molecule has 0 fully saturated rings. The van der Waals surface area contributed by atoms with Crippen LogP contribution in [0.5, 0.6) is 0 Å². The van der Waals surface area contributed by atoms with Crippen LogP contribution in [0, 0.1) is 0 Å². The Kier molecular flexibility index (Phi) is 6.49. The quantitative estimate of drug-likeness (QED) is 0.636. The van der Waals surface area contributed by atoms with Crippen molar-refractivity contribution in [2.24, 2.45) is 0 Å². The maximum atomic E-state index is 11.0. The van der Waals surface area contributed by atoms with Crippen molar-refractivity contribution in [3.63, 3.8) is 0 Å².